The summed E-state index contributed by atoms with van der Waals surface area (Å²) in [6, 6.07) is 8.37. The molecule has 1 spiro atoms. The first-order valence-corrected chi connectivity index (χ1v) is 9.53. The zero-order chi connectivity index (χ0) is 18.3. The maximum atomic E-state index is 13.1. The van der Waals surface area contributed by atoms with Crippen molar-refractivity contribution in [2.24, 2.45) is 11.8 Å². The van der Waals surface area contributed by atoms with E-state index in [1.54, 1.807) is 0 Å². The molecule has 5 nitrogen and oxygen atoms in total. The van der Waals surface area contributed by atoms with Crippen LogP contribution >= 0.6 is 0 Å². The van der Waals surface area contributed by atoms with Gasteiger partial charge in [-0.15, -0.1) is 0 Å². The van der Waals surface area contributed by atoms with Gasteiger partial charge in [0.15, 0.2) is 0 Å². The topological polar surface area (TPSA) is 53.0 Å². The van der Waals surface area contributed by atoms with Crippen LogP contribution in [0.1, 0.15) is 25.3 Å². The van der Waals surface area contributed by atoms with E-state index in [4.69, 9.17) is 4.74 Å². The van der Waals surface area contributed by atoms with Crippen molar-refractivity contribution in [3.05, 3.63) is 41.5 Å². The van der Waals surface area contributed by atoms with E-state index in [-0.39, 0.29) is 17.8 Å². The van der Waals surface area contributed by atoms with Crippen LogP contribution in [0.2, 0.25) is 0 Å². The number of anilines is 1. The first kappa shape index (κ1) is 16.3. The van der Waals surface area contributed by atoms with Crippen molar-refractivity contribution in [1.29, 1.82) is 0 Å². The third-order valence-electron chi connectivity index (χ3n) is 7.72. The molecule has 138 valence electrons. The summed E-state index contributed by atoms with van der Waals surface area (Å²) in [6.45, 7) is 3.74. The number of likely N-dealkylation sites (N-methyl/N-ethyl adjacent to an activating group) is 1. The lowest BCUT2D eigenvalue weighted by Gasteiger charge is -2.56. The van der Waals surface area contributed by atoms with E-state index in [9.17, 15) is 9.90 Å². The summed E-state index contributed by atoms with van der Waals surface area (Å²) in [4.78, 5) is 17.8. The smallest absolute Gasteiger partial charge is 0.310 e. The standard InChI is InChI=1S/C21H26N2O3/c1-4-13-12-23-10-9-20-15-7-5-6-8-16(15)22(2)21(20,23)17(24)11-14(13)18(20)19(25)26-3/h4-8,14,17-18,24H,9-12H2,1-3H3/b13-4-/t14?,17-,18?,20?,21?/m1/s1. The number of nitrogens with zero attached hydrogens (tertiary/aromatic N) is 2. The molecule has 6 rings (SSSR count). The Kier molecular flexibility index (Phi) is 3.21. The number of aliphatic hydroxyl groups is 1. The van der Waals surface area contributed by atoms with E-state index in [0.717, 1.165) is 25.2 Å². The van der Waals surface area contributed by atoms with Crippen LogP contribution in [0.5, 0.6) is 0 Å². The molecule has 1 N–H and O–H groups in total. The van der Waals surface area contributed by atoms with Crippen molar-refractivity contribution < 1.29 is 14.6 Å². The number of carbonyl (C=O) groups is 1. The molecule has 5 unspecified atom stereocenters. The number of rotatable bonds is 1. The Morgan fingerprint density at radius 2 is 2.15 bits per heavy atom. The van der Waals surface area contributed by atoms with Gasteiger partial charge in [-0.1, -0.05) is 29.8 Å². The van der Waals surface area contributed by atoms with Gasteiger partial charge in [0.25, 0.3) is 0 Å². The van der Waals surface area contributed by atoms with E-state index in [1.165, 1.54) is 18.2 Å². The lowest BCUT2D eigenvalue weighted by atomic mass is 9.53. The second kappa shape index (κ2) is 5.11. The monoisotopic (exact) mass is 354 g/mol. The summed E-state index contributed by atoms with van der Waals surface area (Å²) in [5, 5.41) is 11.5. The molecule has 3 saturated heterocycles. The number of fused-ring (bicyclic) bond motifs is 3. The van der Waals surface area contributed by atoms with Crippen molar-refractivity contribution >= 4 is 11.7 Å². The number of aliphatic hydroxyl groups excluding tert-OH is 1. The van der Waals surface area contributed by atoms with Crippen molar-refractivity contribution in [2.75, 3.05) is 32.1 Å². The fourth-order valence-electron chi connectivity index (χ4n) is 6.99. The molecular formula is C21H26N2O3. The van der Waals surface area contributed by atoms with Crippen LogP contribution in [0.15, 0.2) is 35.9 Å². The molecule has 5 aliphatic rings. The quantitative estimate of drug-likeness (QED) is 0.617. The maximum absolute atomic E-state index is 13.1. The Bertz CT molecular complexity index is 821. The SMILES string of the molecule is C/C=C1/CN2CCC34c5ccccc5N(C)C23[C@H](O)CC1C4C(=O)OC. The van der Waals surface area contributed by atoms with E-state index < -0.39 is 17.2 Å². The molecule has 1 aromatic rings. The molecule has 4 aliphatic heterocycles. The van der Waals surface area contributed by atoms with E-state index in [2.05, 4.69) is 41.1 Å². The van der Waals surface area contributed by atoms with Crippen LogP contribution in [0.4, 0.5) is 5.69 Å². The summed E-state index contributed by atoms with van der Waals surface area (Å²) in [7, 11) is 3.57. The van der Waals surface area contributed by atoms with E-state index in [1.807, 2.05) is 13.0 Å². The zero-order valence-electron chi connectivity index (χ0n) is 15.6. The predicted octanol–water partition coefficient (Wildman–Crippen LogP) is 1.91. The van der Waals surface area contributed by atoms with Crippen molar-refractivity contribution in [2.45, 2.75) is 36.9 Å². The number of allylic oxidation sites excluding steroid dienone is 1. The van der Waals surface area contributed by atoms with Gasteiger partial charge < -0.3 is 14.7 Å². The Morgan fingerprint density at radius 3 is 2.88 bits per heavy atom. The molecule has 5 heteroatoms. The number of para-hydroxylation sites is 1. The predicted molar refractivity (Wildman–Crippen MR) is 98.8 cm³/mol. The summed E-state index contributed by atoms with van der Waals surface area (Å²) in [5.74, 6) is -0.374. The largest absolute Gasteiger partial charge is 0.469 e. The van der Waals surface area contributed by atoms with Gasteiger partial charge in [-0.3, -0.25) is 9.69 Å². The molecule has 4 heterocycles. The van der Waals surface area contributed by atoms with Gasteiger partial charge >= 0.3 is 5.97 Å². The highest BCUT2D eigenvalue weighted by Gasteiger charge is 2.78. The Morgan fingerprint density at radius 1 is 1.38 bits per heavy atom. The summed E-state index contributed by atoms with van der Waals surface area (Å²) < 4.78 is 5.34. The van der Waals surface area contributed by atoms with Crippen LogP contribution in [-0.2, 0) is 14.9 Å². The van der Waals surface area contributed by atoms with Crippen LogP contribution in [-0.4, -0.2) is 55.0 Å². The minimum Gasteiger partial charge on any atom is -0.469 e. The van der Waals surface area contributed by atoms with Gasteiger partial charge in [-0.05, 0) is 37.3 Å². The van der Waals surface area contributed by atoms with E-state index >= 15 is 0 Å². The van der Waals surface area contributed by atoms with Gasteiger partial charge in [-0.25, -0.2) is 0 Å². The summed E-state index contributed by atoms with van der Waals surface area (Å²) >= 11 is 0. The first-order valence-electron chi connectivity index (χ1n) is 9.53. The van der Waals surface area contributed by atoms with Gasteiger partial charge in [0, 0.05) is 25.8 Å². The zero-order valence-corrected chi connectivity index (χ0v) is 15.6. The van der Waals surface area contributed by atoms with Crippen molar-refractivity contribution in [1.82, 2.24) is 4.90 Å². The molecular weight excluding hydrogens is 328 g/mol. The van der Waals surface area contributed by atoms with Crippen molar-refractivity contribution in [3.8, 4) is 0 Å². The number of esters is 1. The van der Waals surface area contributed by atoms with Crippen LogP contribution in [0.25, 0.3) is 0 Å². The van der Waals surface area contributed by atoms with Gasteiger partial charge in [0.2, 0.25) is 0 Å². The third kappa shape index (κ3) is 1.47. The molecule has 6 atom stereocenters. The van der Waals surface area contributed by atoms with Crippen LogP contribution in [0.3, 0.4) is 0 Å². The highest BCUT2D eigenvalue weighted by atomic mass is 16.5. The van der Waals surface area contributed by atoms with Gasteiger partial charge in [0.05, 0.1) is 24.5 Å². The minimum atomic E-state index is -0.573. The number of methoxy groups -OCH3 is 1. The molecule has 26 heavy (non-hydrogen) atoms. The molecule has 0 amide bonds. The average Bonchev–Trinajstić information content (AvgIpc) is 3.03. The third-order valence-corrected chi connectivity index (χ3v) is 7.72. The number of benzene rings is 1. The number of carbonyl (C=O) groups excluding carboxylic acids is 1. The molecule has 1 saturated carbocycles. The Balaban J connectivity index is 1.88. The molecule has 1 aliphatic carbocycles. The first-order chi connectivity index (χ1) is 12.5. The molecule has 4 fully saturated rings. The van der Waals surface area contributed by atoms with Crippen LogP contribution < -0.4 is 4.90 Å². The number of hydrogen-bond donors (Lipinski definition) is 1. The summed E-state index contributed by atoms with van der Waals surface area (Å²) in [6.07, 6.45) is 3.12. The highest BCUT2D eigenvalue weighted by molar-refractivity contribution is 5.82. The Hall–Kier alpha value is -1.85. The second-order valence-corrected chi connectivity index (χ2v) is 8.17. The fourth-order valence-corrected chi connectivity index (χ4v) is 6.99. The fraction of sp³-hybridized carbons (Fsp3) is 0.571. The average molecular weight is 354 g/mol. The van der Waals surface area contributed by atoms with Gasteiger partial charge in [-0.2, -0.15) is 0 Å². The van der Waals surface area contributed by atoms with Crippen LogP contribution in [0, 0.1) is 11.8 Å². The Labute approximate surface area is 154 Å². The lowest BCUT2D eigenvalue weighted by Crippen LogP contribution is -2.73. The number of hydrogen-bond acceptors (Lipinski definition) is 5. The molecule has 1 aromatic carbocycles. The van der Waals surface area contributed by atoms with Crippen molar-refractivity contribution in [3.63, 3.8) is 0 Å². The normalized spacial score (nSPS) is 44.0. The van der Waals surface area contributed by atoms with E-state index in [0.29, 0.717) is 6.42 Å². The second-order valence-electron chi connectivity index (χ2n) is 8.17. The van der Waals surface area contributed by atoms with Gasteiger partial charge in [0.1, 0.15) is 5.66 Å². The maximum Gasteiger partial charge on any atom is 0.310 e. The minimum absolute atomic E-state index is 0.0282. The molecule has 0 radical (unpaired) electrons. The molecule has 4 bridgehead atoms. The summed E-state index contributed by atoms with van der Waals surface area (Å²) in [5.41, 5.74) is 2.59. The molecule has 0 aromatic heterocycles. The lowest BCUT2D eigenvalue weighted by molar-refractivity contribution is -0.159. The highest BCUT2D eigenvalue weighted by Crippen LogP contribution is 2.69. The number of ether oxygens (including phenoxy) is 1.